The highest BCUT2D eigenvalue weighted by molar-refractivity contribution is 5.80. The summed E-state index contributed by atoms with van der Waals surface area (Å²) < 4.78 is 13.1. The topological polar surface area (TPSA) is 33.1 Å². The third-order valence-electron chi connectivity index (χ3n) is 1.69. The number of phenols is 1. The Morgan fingerprint density at radius 1 is 1.25 bits per heavy atom. The summed E-state index contributed by atoms with van der Waals surface area (Å²) in [4.78, 5) is 3.81. The number of aromatic nitrogens is 1. The fourth-order valence-corrected chi connectivity index (χ4v) is 1.10. The minimum Gasteiger partial charge on any atom is -0.505 e. The fraction of sp³-hybridized carbons (Fsp3) is 0. The van der Waals surface area contributed by atoms with E-state index in [4.69, 9.17) is 5.11 Å². The van der Waals surface area contributed by atoms with Crippen molar-refractivity contribution in [1.29, 1.82) is 0 Å². The van der Waals surface area contributed by atoms with Crippen LogP contribution in [0.2, 0.25) is 0 Å². The zero-order valence-electron chi connectivity index (χ0n) is 6.16. The summed E-state index contributed by atoms with van der Waals surface area (Å²) >= 11 is 0. The molecule has 2 nitrogen and oxygen atoms in total. The first-order valence-corrected chi connectivity index (χ1v) is 3.51. The van der Waals surface area contributed by atoms with Crippen LogP contribution in [0.25, 0.3) is 10.9 Å². The van der Waals surface area contributed by atoms with E-state index < -0.39 is 5.82 Å². The van der Waals surface area contributed by atoms with Crippen molar-refractivity contribution >= 4 is 10.9 Å². The number of halogens is 1. The summed E-state index contributed by atoms with van der Waals surface area (Å²) in [6, 6.07) is 6.41. The SMILES string of the molecule is Oc1ccc2cccnc2c1F. The van der Waals surface area contributed by atoms with Crippen LogP contribution in [0.1, 0.15) is 0 Å². The van der Waals surface area contributed by atoms with Gasteiger partial charge in [0.05, 0.1) is 0 Å². The molecule has 0 radical (unpaired) electrons. The van der Waals surface area contributed by atoms with Crippen molar-refractivity contribution in [2.75, 3.05) is 0 Å². The molecule has 0 saturated carbocycles. The molecule has 0 unspecified atom stereocenters. The lowest BCUT2D eigenvalue weighted by molar-refractivity contribution is 0.435. The third-order valence-corrected chi connectivity index (χ3v) is 1.69. The largest absolute Gasteiger partial charge is 0.505 e. The van der Waals surface area contributed by atoms with Gasteiger partial charge in [0, 0.05) is 11.6 Å². The van der Waals surface area contributed by atoms with E-state index in [1.54, 1.807) is 18.2 Å². The average molecular weight is 163 g/mol. The summed E-state index contributed by atoms with van der Waals surface area (Å²) in [7, 11) is 0. The first-order valence-electron chi connectivity index (χ1n) is 3.51. The molecule has 0 aliphatic rings. The van der Waals surface area contributed by atoms with Crippen LogP contribution < -0.4 is 0 Å². The van der Waals surface area contributed by atoms with Crippen molar-refractivity contribution in [1.82, 2.24) is 4.98 Å². The van der Waals surface area contributed by atoms with Crippen LogP contribution >= 0.6 is 0 Å². The van der Waals surface area contributed by atoms with Crippen LogP contribution in [0, 0.1) is 5.82 Å². The third kappa shape index (κ3) is 0.906. The number of pyridine rings is 1. The van der Waals surface area contributed by atoms with Crippen LogP contribution in [0.5, 0.6) is 5.75 Å². The molecule has 1 aromatic heterocycles. The maximum atomic E-state index is 13.1. The molecule has 60 valence electrons. The van der Waals surface area contributed by atoms with Gasteiger partial charge < -0.3 is 5.11 Å². The fourth-order valence-electron chi connectivity index (χ4n) is 1.10. The van der Waals surface area contributed by atoms with Gasteiger partial charge in [-0.1, -0.05) is 6.07 Å². The van der Waals surface area contributed by atoms with Gasteiger partial charge in [-0.05, 0) is 18.2 Å². The first kappa shape index (κ1) is 7.03. The zero-order chi connectivity index (χ0) is 8.55. The molecule has 1 aromatic carbocycles. The Morgan fingerprint density at radius 2 is 2.08 bits per heavy atom. The zero-order valence-corrected chi connectivity index (χ0v) is 6.16. The number of nitrogens with zero attached hydrogens (tertiary/aromatic N) is 1. The van der Waals surface area contributed by atoms with Crippen molar-refractivity contribution in [3.63, 3.8) is 0 Å². The minimum atomic E-state index is -0.659. The van der Waals surface area contributed by atoms with E-state index in [0.717, 1.165) is 0 Å². The van der Waals surface area contributed by atoms with E-state index in [1.165, 1.54) is 12.3 Å². The van der Waals surface area contributed by atoms with Crippen LogP contribution in [0.4, 0.5) is 4.39 Å². The summed E-state index contributed by atoms with van der Waals surface area (Å²) in [6.45, 7) is 0. The number of hydrogen-bond donors (Lipinski definition) is 1. The molecule has 0 aliphatic carbocycles. The maximum absolute atomic E-state index is 13.1. The monoisotopic (exact) mass is 163 g/mol. The second-order valence-corrected chi connectivity index (χ2v) is 2.47. The normalized spacial score (nSPS) is 10.4. The molecule has 0 spiro atoms. The van der Waals surface area contributed by atoms with Gasteiger partial charge in [-0.25, -0.2) is 4.39 Å². The molecule has 0 amide bonds. The van der Waals surface area contributed by atoms with Crippen molar-refractivity contribution in [2.24, 2.45) is 0 Å². The molecular weight excluding hydrogens is 157 g/mol. The van der Waals surface area contributed by atoms with Gasteiger partial charge >= 0.3 is 0 Å². The van der Waals surface area contributed by atoms with E-state index >= 15 is 0 Å². The molecule has 3 heteroatoms. The molecule has 0 bridgehead atoms. The Balaban J connectivity index is 2.91. The number of fused-ring (bicyclic) bond motifs is 1. The standard InChI is InChI=1S/C9H6FNO/c10-8-7(12)4-3-6-2-1-5-11-9(6)8/h1-5,12H. The maximum Gasteiger partial charge on any atom is 0.190 e. The molecule has 1 N–H and O–H groups in total. The lowest BCUT2D eigenvalue weighted by atomic mass is 10.2. The van der Waals surface area contributed by atoms with Crippen LogP contribution in [0.3, 0.4) is 0 Å². The quantitative estimate of drug-likeness (QED) is 0.645. The van der Waals surface area contributed by atoms with Gasteiger partial charge in [0.15, 0.2) is 11.6 Å². The van der Waals surface area contributed by atoms with Crippen LogP contribution in [0.15, 0.2) is 30.5 Å². The van der Waals surface area contributed by atoms with Crippen molar-refractivity contribution in [3.8, 4) is 5.75 Å². The second-order valence-electron chi connectivity index (χ2n) is 2.47. The summed E-state index contributed by atoms with van der Waals surface area (Å²) in [5.74, 6) is -1.02. The summed E-state index contributed by atoms with van der Waals surface area (Å²) in [6.07, 6.45) is 1.49. The van der Waals surface area contributed by atoms with Gasteiger partial charge in [-0.15, -0.1) is 0 Å². The number of rotatable bonds is 0. The molecule has 2 rings (SSSR count). The Labute approximate surface area is 68.3 Å². The predicted octanol–water partition coefficient (Wildman–Crippen LogP) is 2.08. The number of phenolic OH excluding ortho intramolecular Hbond substituents is 1. The van der Waals surface area contributed by atoms with Crippen molar-refractivity contribution < 1.29 is 9.50 Å². The van der Waals surface area contributed by atoms with E-state index in [-0.39, 0.29) is 11.3 Å². The van der Waals surface area contributed by atoms with E-state index in [0.29, 0.717) is 5.39 Å². The predicted molar refractivity (Wildman–Crippen MR) is 43.4 cm³/mol. The molecule has 0 atom stereocenters. The molecular formula is C9H6FNO. The Hall–Kier alpha value is -1.64. The van der Waals surface area contributed by atoms with Crippen LogP contribution in [-0.4, -0.2) is 10.1 Å². The number of hydrogen-bond acceptors (Lipinski definition) is 2. The van der Waals surface area contributed by atoms with Crippen molar-refractivity contribution in [2.45, 2.75) is 0 Å². The van der Waals surface area contributed by atoms with Gasteiger partial charge in [0.25, 0.3) is 0 Å². The van der Waals surface area contributed by atoms with Gasteiger partial charge in [-0.2, -0.15) is 0 Å². The molecule has 2 aromatic rings. The number of aromatic hydroxyl groups is 1. The minimum absolute atomic E-state index is 0.206. The lowest BCUT2D eigenvalue weighted by Crippen LogP contribution is -1.83. The Morgan fingerprint density at radius 3 is 2.92 bits per heavy atom. The van der Waals surface area contributed by atoms with E-state index in [1.807, 2.05) is 0 Å². The smallest absolute Gasteiger partial charge is 0.190 e. The van der Waals surface area contributed by atoms with Crippen LogP contribution in [-0.2, 0) is 0 Å². The first-order chi connectivity index (χ1) is 5.79. The molecule has 1 heterocycles. The summed E-state index contributed by atoms with van der Waals surface area (Å²) in [5, 5.41) is 9.69. The Bertz CT molecular complexity index is 428. The highest BCUT2D eigenvalue weighted by Gasteiger charge is 2.05. The van der Waals surface area contributed by atoms with Gasteiger partial charge in [0.1, 0.15) is 5.52 Å². The van der Waals surface area contributed by atoms with Gasteiger partial charge in [0.2, 0.25) is 0 Å². The second kappa shape index (κ2) is 2.44. The van der Waals surface area contributed by atoms with E-state index in [2.05, 4.69) is 4.98 Å². The van der Waals surface area contributed by atoms with E-state index in [9.17, 15) is 4.39 Å². The Kier molecular flexibility index (Phi) is 1.43. The number of benzene rings is 1. The highest BCUT2D eigenvalue weighted by Crippen LogP contribution is 2.22. The molecule has 12 heavy (non-hydrogen) atoms. The summed E-state index contributed by atoms with van der Waals surface area (Å²) in [5.41, 5.74) is 0.206. The average Bonchev–Trinajstić information content (AvgIpc) is 2.12. The molecule has 0 saturated heterocycles. The lowest BCUT2D eigenvalue weighted by Gasteiger charge is -1.98. The molecule has 0 aliphatic heterocycles. The van der Waals surface area contributed by atoms with Crippen molar-refractivity contribution in [3.05, 3.63) is 36.3 Å². The molecule has 0 fully saturated rings. The highest BCUT2D eigenvalue weighted by atomic mass is 19.1. The van der Waals surface area contributed by atoms with Gasteiger partial charge in [-0.3, -0.25) is 4.98 Å².